The molecule has 1 atom stereocenters. The summed E-state index contributed by atoms with van der Waals surface area (Å²) in [6, 6.07) is 1.87. The Morgan fingerprint density at radius 1 is 1.71 bits per heavy atom. The molecule has 0 saturated carbocycles. The van der Waals surface area contributed by atoms with E-state index in [4.69, 9.17) is 5.14 Å². The van der Waals surface area contributed by atoms with E-state index in [2.05, 4.69) is 15.5 Å². The van der Waals surface area contributed by atoms with E-state index in [1.807, 2.05) is 13.0 Å². The largest absolute Gasteiger partial charge is 0.308 e. The van der Waals surface area contributed by atoms with Crippen LogP contribution in [0.15, 0.2) is 12.3 Å². The minimum absolute atomic E-state index is 0.0410. The van der Waals surface area contributed by atoms with Crippen molar-refractivity contribution < 1.29 is 8.42 Å². The first-order valence-corrected chi connectivity index (χ1v) is 5.94. The van der Waals surface area contributed by atoms with Gasteiger partial charge in [-0.05, 0) is 13.0 Å². The van der Waals surface area contributed by atoms with Crippen molar-refractivity contribution in [1.82, 2.24) is 15.5 Å². The van der Waals surface area contributed by atoms with Gasteiger partial charge in [0.25, 0.3) is 0 Å². The number of nitrogens with two attached hydrogens (primary N) is 1. The van der Waals surface area contributed by atoms with E-state index in [-0.39, 0.29) is 11.8 Å². The first-order chi connectivity index (χ1) is 6.49. The van der Waals surface area contributed by atoms with Crippen LogP contribution in [0, 0.1) is 0 Å². The summed E-state index contributed by atoms with van der Waals surface area (Å²) in [7, 11) is -3.38. The maximum absolute atomic E-state index is 10.6. The van der Waals surface area contributed by atoms with Gasteiger partial charge in [-0.25, -0.2) is 13.6 Å². The van der Waals surface area contributed by atoms with Crippen LogP contribution in [0.25, 0.3) is 0 Å². The van der Waals surface area contributed by atoms with Crippen LogP contribution in [0.2, 0.25) is 0 Å². The zero-order chi connectivity index (χ0) is 10.6. The highest BCUT2D eigenvalue weighted by molar-refractivity contribution is 7.89. The number of H-pyrrole nitrogens is 1. The number of primary sulfonamides is 1. The molecule has 1 heterocycles. The number of hydrogen-bond donors (Lipinski definition) is 3. The Hall–Kier alpha value is -0.920. The molecule has 0 aromatic carbocycles. The molecule has 0 spiro atoms. The van der Waals surface area contributed by atoms with Gasteiger partial charge in [0.1, 0.15) is 0 Å². The minimum atomic E-state index is -3.38. The zero-order valence-corrected chi connectivity index (χ0v) is 8.71. The second kappa shape index (κ2) is 4.54. The average Bonchev–Trinajstić information content (AvgIpc) is 2.53. The van der Waals surface area contributed by atoms with Gasteiger partial charge >= 0.3 is 0 Å². The standard InChI is InChI=1S/C7H14N4O2S/c1-6(7-2-3-10-11-7)9-4-5-14(8,12)13/h2-3,6,9H,4-5H2,1H3,(H,10,11)(H2,8,12,13). The number of sulfonamides is 1. The first-order valence-electron chi connectivity index (χ1n) is 4.22. The van der Waals surface area contributed by atoms with E-state index < -0.39 is 10.0 Å². The summed E-state index contributed by atoms with van der Waals surface area (Å²) in [6.45, 7) is 2.25. The fraction of sp³-hybridized carbons (Fsp3) is 0.571. The molecule has 0 amide bonds. The minimum Gasteiger partial charge on any atom is -0.308 e. The number of hydrogen-bond acceptors (Lipinski definition) is 4. The summed E-state index contributed by atoms with van der Waals surface area (Å²) >= 11 is 0. The lowest BCUT2D eigenvalue weighted by molar-refractivity contribution is 0.565. The van der Waals surface area contributed by atoms with Crippen LogP contribution in [0.3, 0.4) is 0 Å². The Labute approximate surface area is 82.9 Å². The summed E-state index contributed by atoms with van der Waals surface area (Å²) < 4.78 is 21.2. The molecule has 1 unspecified atom stereocenters. The Morgan fingerprint density at radius 2 is 2.43 bits per heavy atom. The van der Waals surface area contributed by atoms with Crippen LogP contribution in [0.4, 0.5) is 0 Å². The van der Waals surface area contributed by atoms with Crippen molar-refractivity contribution in [3.05, 3.63) is 18.0 Å². The third kappa shape index (κ3) is 3.86. The zero-order valence-electron chi connectivity index (χ0n) is 7.90. The van der Waals surface area contributed by atoms with Crippen molar-refractivity contribution in [3.63, 3.8) is 0 Å². The van der Waals surface area contributed by atoms with E-state index in [0.29, 0.717) is 6.54 Å². The Balaban J connectivity index is 2.33. The van der Waals surface area contributed by atoms with Crippen LogP contribution in [0.5, 0.6) is 0 Å². The molecule has 6 nitrogen and oxygen atoms in total. The molecule has 7 heteroatoms. The van der Waals surface area contributed by atoms with E-state index in [1.54, 1.807) is 6.20 Å². The molecule has 1 aromatic rings. The third-order valence-corrected chi connectivity index (χ3v) is 2.60. The predicted octanol–water partition coefficient (Wildman–Crippen LogP) is -0.651. The number of rotatable bonds is 5. The van der Waals surface area contributed by atoms with Crippen molar-refractivity contribution in [2.75, 3.05) is 12.3 Å². The van der Waals surface area contributed by atoms with Crippen LogP contribution in [-0.4, -0.2) is 30.9 Å². The Bertz CT molecular complexity index is 359. The molecular formula is C7H14N4O2S. The highest BCUT2D eigenvalue weighted by Gasteiger charge is 2.07. The van der Waals surface area contributed by atoms with Gasteiger partial charge in [-0.2, -0.15) is 5.10 Å². The molecule has 0 radical (unpaired) electrons. The van der Waals surface area contributed by atoms with Gasteiger partial charge in [0.05, 0.1) is 11.4 Å². The van der Waals surface area contributed by atoms with Gasteiger partial charge in [-0.1, -0.05) is 0 Å². The van der Waals surface area contributed by atoms with Gasteiger partial charge in [-0.15, -0.1) is 0 Å². The van der Waals surface area contributed by atoms with E-state index >= 15 is 0 Å². The Morgan fingerprint density at radius 3 is 2.93 bits per heavy atom. The average molecular weight is 218 g/mol. The normalized spacial score (nSPS) is 14.1. The topological polar surface area (TPSA) is 101 Å². The van der Waals surface area contributed by atoms with Crippen molar-refractivity contribution in [1.29, 1.82) is 0 Å². The summed E-state index contributed by atoms with van der Waals surface area (Å²) in [5.74, 6) is -0.0640. The number of nitrogens with zero attached hydrogens (tertiary/aromatic N) is 1. The summed E-state index contributed by atoms with van der Waals surface area (Å²) in [6.07, 6.45) is 1.65. The van der Waals surface area contributed by atoms with Gasteiger partial charge < -0.3 is 5.32 Å². The van der Waals surface area contributed by atoms with Crippen molar-refractivity contribution in [2.45, 2.75) is 13.0 Å². The maximum atomic E-state index is 10.6. The fourth-order valence-corrected chi connectivity index (χ4v) is 1.44. The van der Waals surface area contributed by atoms with Crippen molar-refractivity contribution >= 4 is 10.0 Å². The quantitative estimate of drug-likeness (QED) is 0.611. The second-order valence-electron chi connectivity index (χ2n) is 3.05. The second-order valence-corrected chi connectivity index (χ2v) is 4.79. The van der Waals surface area contributed by atoms with Crippen molar-refractivity contribution in [2.24, 2.45) is 5.14 Å². The molecule has 0 bridgehead atoms. The van der Waals surface area contributed by atoms with Crippen LogP contribution in [0.1, 0.15) is 18.7 Å². The molecule has 14 heavy (non-hydrogen) atoms. The number of nitrogens with one attached hydrogen (secondary N) is 2. The number of aromatic amines is 1. The first kappa shape index (κ1) is 11.2. The molecule has 0 aliphatic heterocycles. The van der Waals surface area contributed by atoms with Crippen LogP contribution < -0.4 is 10.5 Å². The van der Waals surface area contributed by atoms with Gasteiger partial charge in [-0.3, -0.25) is 5.10 Å². The highest BCUT2D eigenvalue weighted by atomic mass is 32.2. The molecule has 0 fully saturated rings. The van der Waals surface area contributed by atoms with Crippen LogP contribution >= 0.6 is 0 Å². The molecule has 1 rings (SSSR count). The molecule has 4 N–H and O–H groups in total. The molecule has 0 aliphatic rings. The lowest BCUT2D eigenvalue weighted by atomic mass is 10.2. The van der Waals surface area contributed by atoms with E-state index in [0.717, 1.165) is 5.69 Å². The van der Waals surface area contributed by atoms with Crippen molar-refractivity contribution in [3.8, 4) is 0 Å². The lowest BCUT2D eigenvalue weighted by Crippen LogP contribution is -2.29. The van der Waals surface area contributed by atoms with Gasteiger partial charge in [0, 0.05) is 18.8 Å². The summed E-state index contributed by atoms with van der Waals surface area (Å²) in [5.41, 5.74) is 0.916. The number of aromatic nitrogens is 2. The van der Waals surface area contributed by atoms with Gasteiger partial charge in [0.2, 0.25) is 10.0 Å². The lowest BCUT2D eigenvalue weighted by Gasteiger charge is -2.10. The monoisotopic (exact) mass is 218 g/mol. The molecular weight excluding hydrogens is 204 g/mol. The van der Waals surface area contributed by atoms with Crippen LogP contribution in [-0.2, 0) is 10.0 Å². The SMILES string of the molecule is CC(NCCS(N)(=O)=O)c1ccn[nH]1. The molecule has 80 valence electrons. The summed E-state index contributed by atoms with van der Waals surface area (Å²) in [4.78, 5) is 0. The smallest absolute Gasteiger partial charge is 0.210 e. The van der Waals surface area contributed by atoms with Gasteiger partial charge in [0.15, 0.2) is 0 Å². The van der Waals surface area contributed by atoms with E-state index in [9.17, 15) is 8.42 Å². The molecule has 1 aromatic heterocycles. The fourth-order valence-electron chi connectivity index (χ4n) is 1.04. The molecule has 0 aliphatic carbocycles. The predicted molar refractivity (Wildman–Crippen MR) is 53.0 cm³/mol. The van der Waals surface area contributed by atoms with E-state index in [1.165, 1.54) is 0 Å². The highest BCUT2D eigenvalue weighted by Crippen LogP contribution is 2.06. The Kier molecular flexibility index (Phi) is 3.62. The molecule has 0 saturated heterocycles. The maximum Gasteiger partial charge on any atom is 0.210 e. The summed E-state index contributed by atoms with van der Waals surface area (Å²) in [5, 5.41) is 14.4. The third-order valence-electron chi connectivity index (χ3n) is 1.83.